The van der Waals surface area contributed by atoms with Crippen LogP contribution in [0.15, 0.2) is 35.2 Å². The maximum absolute atomic E-state index is 12.3. The Balaban J connectivity index is 1.31. The lowest BCUT2D eigenvalue weighted by atomic mass is 9.73. The van der Waals surface area contributed by atoms with Gasteiger partial charge in [-0.15, -0.1) is 0 Å². The Morgan fingerprint density at radius 2 is 2.42 bits per heavy atom. The summed E-state index contributed by atoms with van der Waals surface area (Å²) in [4.78, 5) is 19.2. The molecule has 3 saturated heterocycles. The Kier molecular flexibility index (Phi) is 3.79. The van der Waals surface area contributed by atoms with Crippen molar-refractivity contribution in [2.45, 2.75) is 31.5 Å². The van der Waals surface area contributed by atoms with Gasteiger partial charge in [0.05, 0.1) is 11.7 Å². The molecule has 2 aromatic rings. The van der Waals surface area contributed by atoms with Crippen LogP contribution in [-0.4, -0.2) is 42.2 Å². The predicted molar refractivity (Wildman–Crippen MR) is 102 cm³/mol. The minimum absolute atomic E-state index is 0.0262. The van der Waals surface area contributed by atoms with Gasteiger partial charge in [-0.1, -0.05) is 0 Å². The number of anilines is 1. The van der Waals surface area contributed by atoms with E-state index >= 15 is 0 Å². The van der Waals surface area contributed by atoms with Crippen LogP contribution in [0.2, 0.25) is 0 Å². The standard InChI is InChI=1S/C20H23N3O2S/c1-13-3-6-21-18(8-13)23-10-16-15(17-2-5-20(16,12-23)25-17)9-22-19(24)14-4-7-26-11-14/h3-4,6-8,11,15-17H,2,5,9-10,12H2,1H3,(H,22,24)/t15-,16+,17+,20+/m0/s1. The summed E-state index contributed by atoms with van der Waals surface area (Å²) >= 11 is 1.55. The molecule has 5 nitrogen and oxygen atoms in total. The number of nitrogens with zero attached hydrogens (tertiary/aromatic N) is 2. The van der Waals surface area contributed by atoms with Crippen molar-refractivity contribution >= 4 is 23.1 Å². The monoisotopic (exact) mass is 369 g/mol. The molecule has 6 heteroatoms. The molecular weight excluding hydrogens is 346 g/mol. The number of thiophene rings is 1. The van der Waals surface area contributed by atoms with Gasteiger partial charge in [0.15, 0.2) is 0 Å². The largest absolute Gasteiger partial charge is 0.369 e. The number of aromatic nitrogens is 1. The van der Waals surface area contributed by atoms with E-state index in [9.17, 15) is 4.79 Å². The van der Waals surface area contributed by atoms with Crippen LogP contribution in [0.1, 0.15) is 28.8 Å². The van der Waals surface area contributed by atoms with Gasteiger partial charge in [-0.2, -0.15) is 11.3 Å². The highest BCUT2D eigenvalue weighted by Crippen LogP contribution is 2.55. The van der Waals surface area contributed by atoms with E-state index in [4.69, 9.17) is 4.74 Å². The SMILES string of the molecule is Cc1ccnc(N2C[C@@H]3[C@H](CNC(=O)c4ccsc4)[C@H]4CC[C@]3(C2)O4)c1. The van der Waals surface area contributed by atoms with Crippen LogP contribution in [0.3, 0.4) is 0 Å². The number of rotatable bonds is 4. The maximum Gasteiger partial charge on any atom is 0.252 e. The first-order chi connectivity index (χ1) is 12.6. The molecule has 4 atom stereocenters. The zero-order valence-electron chi connectivity index (χ0n) is 14.9. The molecule has 136 valence electrons. The van der Waals surface area contributed by atoms with Crippen molar-refractivity contribution in [1.82, 2.24) is 10.3 Å². The lowest BCUT2D eigenvalue weighted by Gasteiger charge is -2.29. The van der Waals surface area contributed by atoms with E-state index in [1.54, 1.807) is 11.3 Å². The number of ether oxygens (including phenoxy) is 1. The molecule has 0 radical (unpaired) electrons. The van der Waals surface area contributed by atoms with Gasteiger partial charge < -0.3 is 15.0 Å². The van der Waals surface area contributed by atoms with Crippen LogP contribution in [0, 0.1) is 18.8 Å². The molecular formula is C20H23N3O2S. The summed E-state index contributed by atoms with van der Waals surface area (Å²) in [6.07, 6.45) is 4.40. The van der Waals surface area contributed by atoms with E-state index in [1.807, 2.05) is 29.1 Å². The minimum Gasteiger partial charge on any atom is -0.369 e. The Hall–Kier alpha value is -1.92. The van der Waals surface area contributed by atoms with Crippen LogP contribution in [-0.2, 0) is 4.74 Å². The van der Waals surface area contributed by atoms with Crippen molar-refractivity contribution in [2.24, 2.45) is 11.8 Å². The van der Waals surface area contributed by atoms with Crippen LogP contribution in [0.25, 0.3) is 0 Å². The van der Waals surface area contributed by atoms with Crippen LogP contribution in [0.5, 0.6) is 0 Å². The molecule has 0 aromatic carbocycles. The fourth-order valence-corrected chi connectivity index (χ4v) is 5.67. The molecule has 1 amide bonds. The third-order valence-electron chi connectivity index (χ3n) is 6.29. The molecule has 2 bridgehead atoms. The minimum atomic E-state index is -0.0477. The number of pyridine rings is 1. The van der Waals surface area contributed by atoms with E-state index in [1.165, 1.54) is 5.56 Å². The quantitative estimate of drug-likeness (QED) is 0.900. The van der Waals surface area contributed by atoms with Crippen molar-refractivity contribution in [3.63, 3.8) is 0 Å². The fourth-order valence-electron chi connectivity index (χ4n) is 5.04. The van der Waals surface area contributed by atoms with Gasteiger partial charge in [0.25, 0.3) is 5.91 Å². The third-order valence-corrected chi connectivity index (χ3v) is 6.97. The summed E-state index contributed by atoms with van der Waals surface area (Å²) in [6, 6.07) is 6.06. The number of amides is 1. The van der Waals surface area contributed by atoms with Gasteiger partial charge >= 0.3 is 0 Å². The third kappa shape index (κ3) is 2.55. The van der Waals surface area contributed by atoms with Crippen molar-refractivity contribution in [2.75, 3.05) is 24.5 Å². The molecule has 0 aliphatic carbocycles. The molecule has 5 heterocycles. The molecule has 26 heavy (non-hydrogen) atoms. The molecule has 1 spiro atoms. The van der Waals surface area contributed by atoms with E-state index in [-0.39, 0.29) is 17.6 Å². The Morgan fingerprint density at radius 1 is 1.50 bits per heavy atom. The highest BCUT2D eigenvalue weighted by molar-refractivity contribution is 7.08. The molecule has 1 N–H and O–H groups in total. The fraction of sp³-hybridized carbons (Fsp3) is 0.500. The maximum atomic E-state index is 12.3. The van der Waals surface area contributed by atoms with Gasteiger partial charge in [-0.25, -0.2) is 4.98 Å². The number of nitrogens with one attached hydrogen (secondary N) is 1. The van der Waals surface area contributed by atoms with Crippen LogP contribution >= 0.6 is 11.3 Å². The lowest BCUT2D eigenvalue weighted by Crippen LogP contribution is -2.41. The molecule has 0 saturated carbocycles. The zero-order valence-corrected chi connectivity index (χ0v) is 15.7. The van der Waals surface area contributed by atoms with Crippen LogP contribution in [0.4, 0.5) is 5.82 Å². The summed E-state index contributed by atoms with van der Waals surface area (Å²) in [7, 11) is 0. The molecule has 3 aliphatic heterocycles. The first-order valence-corrected chi connectivity index (χ1v) is 10.2. The Bertz CT molecular complexity index is 824. The molecule has 3 fully saturated rings. The second-order valence-electron chi connectivity index (χ2n) is 7.82. The van der Waals surface area contributed by atoms with E-state index < -0.39 is 0 Å². The number of fused-ring (bicyclic) bond motifs is 1. The van der Waals surface area contributed by atoms with Gasteiger partial charge in [-0.3, -0.25) is 4.79 Å². The number of hydrogen-bond donors (Lipinski definition) is 1. The Morgan fingerprint density at radius 3 is 3.23 bits per heavy atom. The van der Waals surface area contributed by atoms with Gasteiger partial charge in [-0.05, 0) is 48.9 Å². The van der Waals surface area contributed by atoms with Crippen molar-refractivity contribution in [3.8, 4) is 0 Å². The lowest BCUT2D eigenvalue weighted by molar-refractivity contribution is 0.0141. The topological polar surface area (TPSA) is 54.5 Å². The highest BCUT2D eigenvalue weighted by atomic mass is 32.1. The first-order valence-electron chi connectivity index (χ1n) is 9.30. The number of carbonyl (C=O) groups excluding carboxylic acids is 1. The van der Waals surface area contributed by atoms with E-state index in [0.717, 1.165) is 37.3 Å². The average Bonchev–Trinajstić information content (AvgIpc) is 3.39. The molecule has 5 rings (SSSR count). The molecule has 2 aromatic heterocycles. The highest BCUT2D eigenvalue weighted by Gasteiger charge is 2.63. The van der Waals surface area contributed by atoms with Gasteiger partial charge in [0, 0.05) is 48.6 Å². The number of hydrogen-bond acceptors (Lipinski definition) is 5. The Labute approximate surface area is 157 Å². The summed E-state index contributed by atoms with van der Waals surface area (Å²) < 4.78 is 6.48. The van der Waals surface area contributed by atoms with E-state index in [0.29, 0.717) is 18.4 Å². The number of aryl methyl sites for hydroxylation is 1. The summed E-state index contributed by atoms with van der Waals surface area (Å²) in [5.41, 5.74) is 1.94. The number of carbonyl (C=O) groups is 1. The van der Waals surface area contributed by atoms with Crippen LogP contribution < -0.4 is 10.2 Å². The second-order valence-corrected chi connectivity index (χ2v) is 8.60. The second kappa shape index (κ2) is 6.06. The van der Waals surface area contributed by atoms with Gasteiger partial charge in [0.1, 0.15) is 5.82 Å². The summed E-state index contributed by atoms with van der Waals surface area (Å²) in [5, 5.41) is 6.97. The average molecular weight is 369 g/mol. The summed E-state index contributed by atoms with van der Waals surface area (Å²) in [6.45, 7) is 4.68. The first kappa shape index (κ1) is 16.3. The zero-order chi connectivity index (χ0) is 17.7. The normalized spacial score (nSPS) is 32.0. The van der Waals surface area contributed by atoms with Crippen molar-refractivity contribution in [1.29, 1.82) is 0 Å². The molecule has 0 unspecified atom stereocenters. The predicted octanol–water partition coefficient (Wildman–Crippen LogP) is 2.87. The van der Waals surface area contributed by atoms with Gasteiger partial charge in [0.2, 0.25) is 0 Å². The van der Waals surface area contributed by atoms with Crippen molar-refractivity contribution < 1.29 is 9.53 Å². The van der Waals surface area contributed by atoms with Crippen molar-refractivity contribution in [3.05, 3.63) is 46.3 Å². The van der Waals surface area contributed by atoms with E-state index in [2.05, 4.69) is 28.2 Å². The molecule has 3 aliphatic rings. The smallest absolute Gasteiger partial charge is 0.252 e. The summed E-state index contributed by atoms with van der Waals surface area (Å²) in [5.74, 6) is 1.92.